The molecule has 0 saturated heterocycles. The van der Waals surface area contributed by atoms with E-state index in [1.807, 2.05) is 6.07 Å². The Morgan fingerprint density at radius 2 is 2.16 bits per heavy atom. The summed E-state index contributed by atoms with van der Waals surface area (Å²) in [4.78, 5) is 4.04. The summed E-state index contributed by atoms with van der Waals surface area (Å²) in [6, 6.07) is 8.34. The zero-order valence-corrected chi connectivity index (χ0v) is 10.2. The topological polar surface area (TPSA) is 87.0 Å². The zero-order chi connectivity index (χ0) is 13.7. The van der Waals surface area contributed by atoms with Gasteiger partial charge in [0.05, 0.1) is 13.3 Å². The standard InChI is InChI=1S/C13H13N3O3/c1-19-11-7-9(6-10(17)13(11)18)8-15-16-12-4-2-3-5-14-12/h2-8,17-18H,1H3,(H,14,16)/b15-8+. The van der Waals surface area contributed by atoms with Crippen LogP contribution in [0.1, 0.15) is 5.56 Å². The van der Waals surface area contributed by atoms with Gasteiger partial charge >= 0.3 is 0 Å². The normalized spacial score (nSPS) is 10.6. The van der Waals surface area contributed by atoms with Gasteiger partial charge in [0.2, 0.25) is 5.75 Å². The summed E-state index contributed by atoms with van der Waals surface area (Å²) in [7, 11) is 1.40. The van der Waals surface area contributed by atoms with Gasteiger partial charge in [-0.15, -0.1) is 0 Å². The molecule has 0 radical (unpaired) electrons. The van der Waals surface area contributed by atoms with Crippen molar-refractivity contribution in [3.63, 3.8) is 0 Å². The molecule has 0 saturated carbocycles. The molecule has 1 aromatic heterocycles. The number of aromatic hydroxyl groups is 2. The van der Waals surface area contributed by atoms with Crippen LogP contribution in [0.3, 0.4) is 0 Å². The molecule has 6 heteroatoms. The average molecular weight is 259 g/mol. The van der Waals surface area contributed by atoms with Crippen molar-refractivity contribution in [2.24, 2.45) is 5.10 Å². The Kier molecular flexibility index (Phi) is 3.82. The molecule has 0 aliphatic heterocycles. The number of phenols is 2. The predicted molar refractivity (Wildman–Crippen MR) is 71.8 cm³/mol. The molecule has 98 valence electrons. The number of phenolic OH excluding ortho intramolecular Hbond substituents is 2. The smallest absolute Gasteiger partial charge is 0.200 e. The molecular weight excluding hydrogens is 246 g/mol. The minimum absolute atomic E-state index is 0.180. The Hall–Kier alpha value is -2.76. The maximum atomic E-state index is 9.50. The molecule has 0 atom stereocenters. The molecule has 1 aromatic carbocycles. The van der Waals surface area contributed by atoms with Crippen molar-refractivity contribution in [1.82, 2.24) is 4.98 Å². The highest BCUT2D eigenvalue weighted by atomic mass is 16.5. The first-order valence-corrected chi connectivity index (χ1v) is 5.51. The molecule has 3 N–H and O–H groups in total. The molecule has 2 rings (SSSR count). The fourth-order valence-electron chi connectivity index (χ4n) is 1.45. The Labute approximate surface area is 110 Å². The van der Waals surface area contributed by atoms with E-state index in [2.05, 4.69) is 15.5 Å². The Balaban J connectivity index is 2.13. The van der Waals surface area contributed by atoms with E-state index in [9.17, 15) is 10.2 Å². The molecule has 0 aliphatic carbocycles. The van der Waals surface area contributed by atoms with Crippen LogP contribution in [0, 0.1) is 0 Å². The second-order valence-corrected chi connectivity index (χ2v) is 3.68. The number of benzene rings is 1. The SMILES string of the molecule is COc1cc(/C=N/Nc2ccccn2)cc(O)c1O. The maximum Gasteiger partial charge on any atom is 0.200 e. The van der Waals surface area contributed by atoms with Crippen molar-refractivity contribution in [2.75, 3.05) is 12.5 Å². The number of methoxy groups -OCH3 is 1. The summed E-state index contributed by atoms with van der Waals surface area (Å²) in [5.74, 6) is 0.226. The monoisotopic (exact) mass is 259 g/mol. The van der Waals surface area contributed by atoms with E-state index in [1.165, 1.54) is 19.4 Å². The van der Waals surface area contributed by atoms with Gasteiger partial charge in [-0.1, -0.05) is 6.07 Å². The van der Waals surface area contributed by atoms with Crippen LogP contribution in [-0.4, -0.2) is 28.5 Å². The van der Waals surface area contributed by atoms with Gasteiger partial charge in [0.1, 0.15) is 5.82 Å². The number of nitrogens with one attached hydrogen (secondary N) is 1. The summed E-state index contributed by atoms with van der Waals surface area (Å²) in [5.41, 5.74) is 3.32. The number of ether oxygens (including phenoxy) is 1. The van der Waals surface area contributed by atoms with Gasteiger partial charge in [0.25, 0.3) is 0 Å². The third kappa shape index (κ3) is 3.12. The molecule has 2 aromatic rings. The lowest BCUT2D eigenvalue weighted by Gasteiger charge is -2.06. The molecule has 0 fully saturated rings. The molecule has 0 spiro atoms. The van der Waals surface area contributed by atoms with Crippen molar-refractivity contribution in [3.8, 4) is 17.2 Å². The first kappa shape index (κ1) is 12.7. The van der Waals surface area contributed by atoms with Crippen molar-refractivity contribution in [1.29, 1.82) is 0 Å². The fraction of sp³-hybridized carbons (Fsp3) is 0.0769. The van der Waals surface area contributed by atoms with Gasteiger partial charge in [-0.3, -0.25) is 5.43 Å². The number of hydrogen-bond donors (Lipinski definition) is 3. The van der Waals surface area contributed by atoms with Crippen LogP contribution in [0.2, 0.25) is 0 Å². The molecule has 0 unspecified atom stereocenters. The number of hydrogen-bond acceptors (Lipinski definition) is 6. The second kappa shape index (κ2) is 5.72. The van der Waals surface area contributed by atoms with Crippen LogP contribution in [0.25, 0.3) is 0 Å². The van der Waals surface area contributed by atoms with Crippen molar-refractivity contribution in [3.05, 3.63) is 42.1 Å². The summed E-state index contributed by atoms with van der Waals surface area (Å²) in [6.45, 7) is 0. The molecule has 1 heterocycles. The minimum Gasteiger partial charge on any atom is -0.504 e. The quantitative estimate of drug-likeness (QED) is 0.444. The van der Waals surface area contributed by atoms with Gasteiger partial charge in [0.15, 0.2) is 11.5 Å². The summed E-state index contributed by atoms with van der Waals surface area (Å²) < 4.78 is 4.93. The summed E-state index contributed by atoms with van der Waals surface area (Å²) in [5, 5.41) is 23.0. The van der Waals surface area contributed by atoms with Crippen molar-refractivity contribution < 1.29 is 14.9 Å². The number of nitrogens with zero attached hydrogens (tertiary/aromatic N) is 2. The second-order valence-electron chi connectivity index (χ2n) is 3.68. The molecule has 0 bridgehead atoms. The van der Waals surface area contributed by atoms with Crippen molar-refractivity contribution >= 4 is 12.0 Å². The van der Waals surface area contributed by atoms with E-state index >= 15 is 0 Å². The third-order valence-corrected chi connectivity index (χ3v) is 2.35. The predicted octanol–water partition coefficient (Wildman–Crippen LogP) is 1.95. The first-order chi connectivity index (χ1) is 9.20. The van der Waals surface area contributed by atoms with Gasteiger partial charge in [0, 0.05) is 11.8 Å². The Bertz CT molecular complexity index is 585. The lowest BCUT2D eigenvalue weighted by atomic mass is 10.2. The molecular formula is C13H13N3O3. The van der Waals surface area contributed by atoms with Gasteiger partial charge in [-0.2, -0.15) is 5.10 Å². The van der Waals surface area contributed by atoms with E-state index in [1.54, 1.807) is 24.4 Å². The maximum absolute atomic E-state index is 9.50. The van der Waals surface area contributed by atoms with Gasteiger partial charge in [-0.05, 0) is 24.3 Å². The zero-order valence-electron chi connectivity index (χ0n) is 10.2. The highest BCUT2D eigenvalue weighted by Gasteiger charge is 2.08. The van der Waals surface area contributed by atoms with E-state index < -0.39 is 0 Å². The van der Waals surface area contributed by atoms with E-state index in [4.69, 9.17) is 4.74 Å². The molecule has 0 amide bonds. The van der Waals surface area contributed by atoms with Crippen LogP contribution in [0.4, 0.5) is 5.82 Å². The van der Waals surface area contributed by atoms with E-state index in [0.29, 0.717) is 11.4 Å². The lowest BCUT2D eigenvalue weighted by molar-refractivity contribution is 0.351. The number of hydrazone groups is 1. The average Bonchev–Trinajstić information content (AvgIpc) is 2.43. The van der Waals surface area contributed by atoms with E-state index in [0.717, 1.165) is 0 Å². The van der Waals surface area contributed by atoms with Gasteiger partial charge < -0.3 is 14.9 Å². The Morgan fingerprint density at radius 1 is 1.32 bits per heavy atom. The number of pyridine rings is 1. The van der Waals surface area contributed by atoms with Crippen LogP contribution in [0.15, 0.2) is 41.6 Å². The highest BCUT2D eigenvalue weighted by Crippen LogP contribution is 2.35. The van der Waals surface area contributed by atoms with Crippen LogP contribution >= 0.6 is 0 Å². The van der Waals surface area contributed by atoms with Crippen LogP contribution < -0.4 is 10.2 Å². The van der Waals surface area contributed by atoms with Crippen LogP contribution in [0.5, 0.6) is 17.2 Å². The lowest BCUT2D eigenvalue weighted by Crippen LogP contribution is -1.93. The first-order valence-electron chi connectivity index (χ1n) is 5.51. The summed E-state index contributed by atoms with van der Waals surface area (Å²) in [6.07, 6.45) is 3.13. The summed E-state index contributed by atoms with van der Waals surface area (Å²) >= 11 is 0. The minimum atomic E-state index is -0.294. The number of aromatic nitrogens is 1. The molecule has 6 nitrogen and oxygen atoms in total. The fourth-order valence-corrected chi connectivity index (χ4v) is 1.45. The third-order valence-electron chi connectivity index (χ3n) is 2.35. The molecule has 19 heavy (non-hydrogen) atoms. The van der Waals surface area contributed by atoms with Crippen molar-refractivity contribution in [2.45, 2.75) is 0 Å². The largest absolute Gasteiger partial charge is 0.504 e. The highest BCUT2D eigenvalue weighted by molar-refractivity contribution is 5.82. The van der Waals surface area contributed by atoms with Crippen LogP contribution in [-0.2, 0) is 0 Å². The van der Waals surface area contributed by atoms with E-state index in [-0.39, 0.29) is 17.2 Å². The van der Waals surface area contributed by atoms with Gasteiger partial charge in [-0.25, -0.2) is 4.98 Å². The molecule has 0 aliphatic rings. The Morgan fingerprint density at radius 3 is 2.84 bits per heavy atom. The number of rotatable bonds is 4. The number of anilines is 1.